The minimum absolute atomic E-state index is 0.0252. The van der Waals surface area contributed by atoms with E-state index in [4.69, 9.17) is 0 Å². The number of anilines is 1. The molecule has 3 rings (SSSR count). The van der Waals surface area contributed by atoms with Gasteiger partial charge < -0.3 is 5.32 Å². The second kappa shape index (κ2) is 5.21. The van der Waals surface area contributed by atoms with Crippen LogP contribution in [0.1, 0.15) is 18.5 Å². The molecule has 4 nitrogen and oxygen atoms in total. The van der Waals surface area contributed by atoms with Crippen LogP contribution in [0.15, 0.2) is 48.8 Å². The average Bonchev–Trinajstić information content (AvgIpc) is 2.48. The molecule has 2 aromatic heterocycles. The van der Waals surface area contributed by atoms with E-state index in [1.54, 1.807) is 24.5 Å². The van der Waals surface area contributed by atoms with Crippen LogP contribution in [0, 0.1) is 5.82 Å². The molecular formula is C15H13FN4. The first-order chi connectivity index (χ1) is 9.72. The van der Waals surface area contributed by atoms with Gasteiger partial charge in [-0.15, -0.1) is 0 Å². The Labute approximate surface area is 115 Å². The first kappa shape index (κ1) is 12.5. The lowest BCUT2D eigenvalue weighted by molar-refractivity contribution is 0.626. The van der Waals surface area contributed by atoms with Crippen LogP contribution in [0.2, 0.25) is 0 Å². The molecule has 0 aliphatic rings. The number of hydrogen-bond acceptors (Lipinski definition) is 4. The first-order valence-corrected chi connectivity index (χ1v) is 6.32. The fourth-order valence-corrected chi connectivity index (χ4v) is 1.99. The van der Waals surface area contributed by atoms with E-state index in [1.165, 1.54) is 12.1 Å². The zero-order valence-corrected chi connectivity index (χ0v) is 10.9. The van der Waals surface area contributed by atoms with Crippen LogP contribution in [-0.2, 0) is 0 Å². The lowest BCUT2D eigenvalue weighted by Crippen LogP contribution is -2.08. The summed E-state index contributed by atoms with van der Waals surface area (Å²) in [5.41, 5.74) is 2.35. The number of nitrogens with one attached hydrogen (secondary N) is 1. The van der Waals surface area contributed by atoms with E-state index in [9.17, 15) is 4.39 Å². The van der Waals surface area contributed by atoms with Gasteiger partial charge in [-0.1, -0.05) is 12.1 Å². The van der Waals surface area contributed by atoms with Crippen molar-refractivity contribution < 1.29 is 4.39 Å². The minimum Gasteiger partial charge on any atom is -0.363 e. The molecule has 1 aromatic carbocycles. The summed E-state index contributed by atoms with van der Waals surface area (Å²) in [4.78, 5) is 12.7. The lowest BCUT2D eigenvalue weighted by atomic mass is 10.1. The van der Waals surface area contributed by atoms with Crippen LogP contribution in [0.5, 0.6) is 0 Å². The van der Waals surface area contributed by atoms with Crippen molar-refractivity contribution >= 4 is 17.0 Å². The Balaban J connectivity index is 1.83. The van der Waals surface area contributed by atoms with Gasteiger partial charge in [0.25, 0.3) is 0 Å². The molecule has 0 saturated heterocycles. The molecule has 0 saturated carbocycles. The van der Waals surface area contributed by atoms with Crippen molar-refractivity contribution in [1.29, 1.82) is 0 Å². The monoisotopic (exact) mass is 268 g/mol. The Hall–Kier alpha value is -2.56. The third-order valence-corrected chi connectivity index (χ3v) is 3.07. The van der Waals surface area contributed by atoms with Crippen molar-refractivity contribution in [2.24, 2.45) is 0 Å². The predicted octanol–water partition coefficient (Wildman–Crippen LogP) is 3.34. The maximum Gasteiger partial charge on any atom is 0.180 e. The van der Waals surface area contributed by atoms with Crippen molar-refractivity contribution in [3.63, 3.8) is 0 Å². The Kier molecular flexibility index (Phi) is 3.25. The molecule has 1 atom stereocenters. The quantitative estimate of drug-likeness (QED) is 0.791. The highest BCUT2D eigenvalue weighted by Gasteiger charge is 2.07. The molecule has 0 bridgehead atoms. The number of halogens is 1. The third-order valence-electron chi connectivity index (χ3n) is 3.07. The molecular weight excluding hydrogens is 255 g/mol. The number of benzene rings is 1. The van der Waals surface area contributed by atoms with E-state index in [1.807, 2.05) is 19.1 Å². The Morgan fingerprint density at radius 3 is 2.55 bits per heavy atom. The summed E-state index contributed by atoms with van der Waals surface area (Å²) in [6, 6.07) is 10.2. The molecule has 5 heteroatoms. The summed E-state index contributed by atoms with van der Waals surface area (Å²) in [6.45, 7) is 2.00. The summed E-state index contributed by atoms with van der Waals surface area (Å²) >= 11 is 0. The lowest BCUT2D eigenvalue weighted by Gasteiger charge is -2.15. The minimum atomic E-state index is -0.236. The maximum absolute atomic E-state index is 12.9. The molecule has 0 spiro atoms. The molecule has 0 aliphatic carbocycles. The van der Waals surface area contributed by atoms with E-state index in [0.29, 0.717) is 5.65 Å². The fourth-order valence-electron chi connectivity index (χ4n) is 1.99. The van der Waals surface area contributed by atoms with Gasteiger partial charge in [-0.3, -0.25) is 4.98 Å². The van der Waals surface area contributed by atoms with Crippen molar-refractivity contribution in [1.82, 2.24) is 15.0 Å². The summed E-state index contributed by atoms with van der Waals surface area (Å²) < 4.78 is 12.9. The van der Waals surface area contributed by atoms with Crippen LogP contribution in [0.3, 0.4) is 0 Å². The van der Waals surface area contributed by atoms with E-state index >= 15 is 0 Å². The van der Waals surface area contributed by atoms with Gasteiger partial charge in [0.15, 0.2) is 5.65 Å². The fraction of sp³-hybridized carbons (Fsp3) is 0.133. The SMILES string of the molecule is CC(Nc1ccc2nccnc2n1)c1ccc(F)cc1. The topological polar surface area (TPSA) is 50.7 Å². The molecule has 1 unspecified atom stereocenters. The van der Waals surface area contributed by atoms with E-state index in [-0.39, 0.29) is 11.9 Å². The molecule has 3 aromatic rings. The molecule has 20 heavy (non-hydrogen) atoms. The normalized spacial score (nSPS) is 12.3. The Bertz CT molecular complexity index is 727. The third kappa shape index (κ3) is 2.56. The number of pyridine rings is 1. The van der Waals surface area contributed by atoms with Crippen molar-refractivity contribution in [2.45, 2.75) is 13.0 Å². The summed E-state index contributed by atoms with van der Waals surface area (Å²) in [6.07, 6.45) is 3.25. The largest absolute Gasteiger partial charge is 0.363 e. The maximum atomic E-state index is 12.9. The van der Waals surface area contributed by atoms with Gasteiger partial charge in [0.1, 0.15) is 17.2 Å². The predicted molar refractivity (Wildman–Crippen MR) is 75.8 cm³/mol. The zero-order valence-electron chi connectivity index (χ0n) is 10.9. The van der Waals surface area contributed by atoms with E-state index in [2.05, 4.69) is 20.3 Å². The van der Waals surface area contributed by atoms with Crippen molar-refractivity contribution in [3.8, 4) is 0 Å². The number of aromatic nitrogens is 3. The molecule has 0 fully saturated rings. The number of hydrogen-bond donors (Lipinski definition) is 1. The number of nitrogens with zero attached hydrogens (tertiary/aromatic N) is 3. The van der Waals surface area contributed by atoms with E-state index in [0.717, 1.165) is 16.9 Å². The standard InChI is InChI=1S/C15H13FN4/c1-10(11-2-4-12(16)5-3-11)19-14-7-6-13-15(20-14)18-9-8-17-13/h2-10H,1H3,(H,18,19,20). The smallest absolute Gasteiger partial charge is 0.180 e. The summed E-state index contributed by atoms with van der Waals surface area (Å²) in [5.74, 6) is 0.481. The highest BCUT2D eigenvalue weighted by Crippen LogP contribution is 2.19. The Morgan fingerprint density at radius 1 is 1.00 bits per heavy atom. The second-order valence-electron chi connectivity index (χ2n) is 4.51. The summed E-state index contributed by atoms with van der Waals surface area (Å²) in [5, 5.41) is 3.27. The van der Waals surface area contributed by atoms with Gasteiger partial charge in [-0.2, -0.15) is 0 Å². The molecule has 0 radical (unpaired) electrons. The zero-order chi connectivity index (χ0) is 13.9. The first-order valence-electron chi connectivity index (χ1n) is 6.32. The van der Waals surface area contributed by atoms with Crippen LogP contribution in [0.4, 0.5) is 10.2 Å². The van der Waals surface area contributed by atoms with Crippen LogP contribution in [0.25, 0.3) is 11.2 Å². The highest BCUT2D eigenvalue weighted by atomic mass is 19.1. The number of rotatable bonds is 3. The average molecular weight is 268 g/mol. The van der Waals surface area contributed by atoms with Crippen LogP contribution >= 0.6 is 0 Å². The Morgan fingerprint density at radius 2 is 1.75 bits per heavy atom. The molecule has 2 heterocycles. The van der Waals surface area contributed by atoms with Crippen LogP contribution in [-0.4, -0.2) is 15.0 Å². The van der Waals surface area contributed by atoms with E-state index < -0.39 is 0 Å². The molecule has 0 aliphatic heterocycles. The summed E-state index contributed by atoms with van der Waals surface area (Å²) in [7, 11) is 0. The second-order valence-corrected chi connectivity index (χ2v) is 4.51. The van der Waals surface area contributed by atoms with Gasteiger partial charge in [0.05, 0.1) is 0 Å². The van der Waals surface area contributed by atoms with Crippen molar-refractivity contribution in [3.05, 3.63) is 60.2 Å². The van der Waals surface area contributed by atoms with Gasteiger partial charge in [-0.05, 0) is 36.8 Å². The van der Waals surface area contributed by atoms with Gasteiger partial charge in [0, 0.05) is 18.4 Å². The molecule has 100 valence electrons. The number of fused-ring (bicyclic) bond motifs is 1. The van der Waals surface area contributed by atoms with Crippen molar-refractivity contribution in [2.75, 3.05) is 5.32 Å². The highest BCUT2D eigenvalue weighted by molar-refractivity contribution is 5.71. The van der Waals surface area contributed by atoms with Gasteiger partial charge >= 0.3 is 0 Å². The molecule has 1 N–H and O–H groups in total. The van der Waals surface area contributed by atoms with Crippen LogP contribution < -0.4 is 5.32 Å². The van der Waals surface area contributed by atoms with Gasteiger partial charge in [-0.25, -0.2) is 14.4 Å². The molecule has 0 amide bonds. The van der Waals surface area contributed by atoms with Gasteiger partial charge in [0.2, 0.25) is 0 Å².